The highest BCUT2D eigenvalue weighted by Gasteiger charge is 2.18. The molecular formula is C19H18F2N4O4. The first kappa shape index (κ1) is 20.2. The molecule has 0 saturated carbocycles. The molecule has 3 rings (SSSR count). The zero-order valence-corrected chi connectivity index (χ0v) is 15.7. The summed E-state index contributed by atoms with van der Waals surface area (Å²) in [4.78, 5) is 32.3. The van der Waals surface area contributed by atoms with E-state index in [-0.39, 0.29) is 23.7 Å². The van der Waals surface area contributed by atoms with Crippen molar-refractivity contribution in [1.82, 2.24) is 14.4 Å². The number of esters is 1. The average molecular weight is 404 g/mol. The number of anilines is 1. The largest absolute Gasteiger partial charge is 0.491 e. The Kier molecular flexibility index (Phi) is 6.01. The lowest BCUT2D eigenvalue weighted by Gasteiger charge is -2.12. The molecule has 0 spiro atoms. The van der Waals surface area contributed by atoms with Crippen molar-refractivity contribution >= 4 is 23.2 Å². The third-order valence-corrected chi connectivity index (χ3v) is 3.81. The Labute approximate surface area is 164 Å². The van der Waals surface area contributed by atoms with Gasteiger partial charge in [-0.15, -0.1) is 0 Å². The molecule has 0 aromatic carbocycles. The molecule has 0 bridgehead atoms. The van der Waals surface area contributed by atoms with E-state index in [9.17, 15) is 18.4 Å². The number of halogens is 2. The highest BCUT2D eigenvalue weighted by Crippen LogP contribution is 2.27. The van der Waals surface area contributed by atoms with Crippen LogP contribution >= 0.6 is 0 Å². The monoisotopic (exact) mass is 404 g/mol. The number of nitrogens with one attached hydrogen (secondary N) is 1. The molecule has 8 nitrogen and oxygen atoms in total. The summed E-state index contributed by atoms with van der Waals surface area (Å²) in [6.07, 6.45) is 0.171. The molecule has 0 aliphatic rings. The second kappa shape index (κ2) is 8.63. The zero-order valence-electron chi connectivity index (χ0n) is 15.7. The van der Waals surface area contributed by atoms with Crippen LogP contribution in [-0.4, -0.2) is 39.5 Å². The van der Waals surface area contributed by atoms with Gasteiger partial charge in [-0.1, -0.05) is 6.07 Å². The third-order valence-electron chi connectivity index (χ3n) is 3.81. The highest BCUT2D eigenvalue weighted by atomic mass is 19.3. The molecule has 152 valence electrons. The molecule has 10 heteroatoms. The highest BCUT2D eigenvalue weighted by molar-refractivity contribution is 6.03. The lowest BCUT2D eigenvalue weighted by Crippen LogP contribution is -2.16. The minimum atomic E-state index is -2.79. The number of amides is 1. The lowest BCUT2D eigenvalue weighted by atomic mass is 10.2. The molecule has 29 heavy (non-hydrogen) atoms. The van der Waals surface area contributed by atoms with Gasteiger partial charge in [-0.3, -0.25) is 4.79 Å². The summed E-state index contributed by atoms with van der Waals surface area (Å²) in [5, 5.41) is 2.60. The van der Waals surface area contributed by atoms with Crippen LogP contribution in [0.4, 0.5) is 14.5 Å². The molecule has 0 aliphatic carbocycles. The van der Waals surface area contributed by atoms with E-state index in [0.717, 1.165) is 6.07 Å². The van der Waals surface area contributed by atoms with Crippen molar-refractivity contribution in [3.63, 3.8) is 0 Å². The summed E-state index contributed by atoms with van der Waals surface area (Å²) in [7, 11) is 0. The number of rotatable bonds is 7. The normalized spacial score (nSPS) is 10.9. The van der Waals surface area contributed by atoms with Gasteiger partial charge in [-0.2, -0.15) is 0 Å². The summed E-state index contributed by atoms with van der Waals surface area (Å²) in [6, 6.07) is 5.35. The molecule has 0 atom stereocenters. The van der Waals surface area contributed by atoms with E-state index in [1.807, 2.05) is 0 Å². The van der Waals surface area contributed by atoms with E-state index >= 15 is 0 Å². The Hall–Kier alpha value is -3.56. The van der Waals surface area contributed by atoms with Crippen molar-refractivity contribution in [3.05, 3.63) is 53.7 Å². The number of hydrogen-bond acceptors (Lipinski definition) is 6. The fourth-order valence-electron chi connectivity index (χ4n) is 2.57. The summed E-state index contributed by atoms with van der Waals surface area (Å²) >= 11 is 0. The standard InChI is InChI=1S/C19H18F2N4O4/c1-3-28-15-8-16-23-14(19(27)29-4-2)10-25(16)9-13(15)24-18(26)12-7-5-6-11(22-12)17(20)21/h5-10,17H,3-4H2,1-2H3,(H,24,26). The van der Waals surface area contributed by atoms with Crippen LogP contribution in [0, 0.1) is 0 Å². The minimum Gasteiger partial charge on any atom is -0.491 e. The fourth-order valence-corrected chi connectivity index (χ4v) is 2.57. The molecule has 0 unspecified atom stereocenters. The molecule has 0 aliphatic heterocycles. The van der Waals surface area contributed by atoms with E-state index in [1.165, 1.54) is 28.9 Å². The number of aromatic nitrogens is 3. The van der Waals surface area contributed by atoms with E-state index in [2.05, 4.69) is 15.3 Å². The van der Waals surface area contributed by atoms with Gasteiger partial charge in [0.25, 0.3) is 12.3 Å². The number of fused-ring (bicyclic) bond motifs is 1. The molecule has 3 aromatic heterocycles. The van der Waals surface area contributed by atoms with E-state index in [0.29, 0.717) is 18.0 Å². The van der Waals surface area contributed by atoms with Crippen molar-refractivity contribution in [3.8, 4) is 5.75 Å². The summed E-state index contributed by atoms with van der Waals surface area (Å²) in [6.45, 7) is 3.97. The van der Waals surface area contributed by atoms with Crippen LogP contribution < -0.4 is 10.1 Å². The number of ether oxygens (including phenoxy) is 2. The molecule has 0 saturated heterocycles. The first-order valence-corrected chi connectivity index (χ1v) is 8.82. The summed E-state index contributed by atoms with van der Waals surface area (Å²) in [5.74, 6) is -0.953. The van der Waals surface area contributed by atoms with Gasteiger partial charge in [0, 0.05) is 18.5 Å². The van der Waals surface area contributed by atoms with Crippen molar-refractivity contribution in [2.45, 2.75) is 20.3 Å². The van der Waals surface area contributed by atoms with Crippen LogP contribution in [-0.2, 0) is 4.74 Å². The van der Waals surface area contributed by atoms with Crippen molar-refractivity contribution in [2.24, 2.45) is 0 Å². The number of carbonyl (C=O) groups is 2. The van der Waals surface area contributed by atoms with Gasteiger partial charge in [0.1, 0.15) is 28.5 Å². The molecule has 1 amide bonds. The SMILES string of the molecule is CCOC(=O)c1cn2cc(NC(=O)c3cccc(C(F)F)n3)c(OCC)cc2n1. The molecular weight excluding hydrogens is 386 g/mol. The maximum absolute atomic E-state index is 12.8. The minimum absolute atomic E-state index is 0.101. The Morgan fingerprint density at radius 3 is 2.62 bits per heavy atom. The smallest absolute Gasteiger partial charge is 0.358 e. The molecule has 1 N–H and O–H groups in total. The molecule has 3 heterocycles. The third kappa shape index (κ3) is 4.48. The quantitative estimate of drug-likeness (QED) is 0.606. The van der Waals surface area contributed by atoms with Gasteiger partial charge in [0.2, 0.25) is 0 Å². The number of nitrogens with zero attached hydrogens (tertiary/aromatic N) is 3. The Morgan fingerprint density at radius 2 is 1.93 bits per heavy atom. The lowest BCUT2D eigenvalue weighted by molar-refractivity contribution is 0.0520. The number of pyridine rings is 2. The summed E-state index contributed by atoms with van der Waals surface area (Å²) < 4.78 is 37.7. The Balaban J connectivity index is 1.94. The molecule has 3 aromatic rings. The van der Waals surface area contributed by atoms with E-state index < -0.39 is 24.0 Å². The fraction of sp³-hybridized carbons (Fsp3) is 0.263. The predicted octanol–water partition coefficient (Wildman–Crippen LogP) is 3.49. The number of alkyl halides is 2. The van der Waals surface area contributed by atoms with Crippen molar-refractivity contribution in [1.29, 1.82) is 0 Å². The van der Waals surface area contributed by atoms with Gasteiger partial charge in [0.05, 0.1) is 13.2 Å². The van der Waals surface area contributed by atoms with Crippen molar-refractivity contribution in [2.75, 3.05) is 18.5 Å². The van der Waals surface area contributed by atoms with Gasteiger partial charge in [-0.25, -0.2) is 23.5 Å². The predicted molar refractivity (Wildman–Crippen MR) is 99.5 cm³/mol. The maximum Gasteiger partial charge on any atom is 0.358 e. The first-order chi connectivity index (χ1) is 13.9. The number of imidazole rings is 1. The van der Waals surface area contributed by atoms with E-state index in [4.69, 9.17) is 9.47 Å². The van der Waals surface area contributed by atoms with Crippen LogP contribution in [0.3, 0.4) is 0 Å². The second-order valence-electron chi connectivity index (χ2n) is 5.80. The van der Waals surface area contributed by atoms with E-state index in [1.54, 1.807) is 19.9 Å². The zero-order chi connectivity index (χ0) is 21.0. The average Bonchev–Trinajstić information content (AvgIpc) is 3.11. The van der Waals surface area contributed by atoms with Gasteiger partial charge >= 0.3 is 5.97 Å². The van der Waals surface area contributed by atoms with Crippen LogP contribution in [0.2, 0.25) is 0 Å². The number of hydrogen-bond donors (Lipinski definition) is 1. The number of carbonyl (C=O) groups excluding carboxylic acids is 2. The summed E-state index contributed by atoms with van der Waals surface area (Å²) in [5.41, 5.74) is 0.118. The Bertz CT molecular complexity index is 1050. The van der Waals surface area contributed by atoms with Gasteiger partial charge < -0.3 is 19.2 Å². The van der Waals surface area contributed by atoms with Crippen LogP contribution in [0.25, 0.3) is 5.65 Å². The van der Waals surface area contributed by atoms with Crippen LogP contribution in [0.15, 0.2) is 36.7 Å². The van der Waals surface area contributed by atoms with Crippen LogP contribution in [0.1, 0.15) is 46.9 Å². The van der Waals surface area contributed by atoms with Gasteiger partial charge in [-0.05, 0) is 26.0 Å². The van der Waals surface area contributed by atoms with Gasteiger partial charge in [0.15, 0.2) is 5.69 Å². The molecule has 0 radical (unpaired) electrons. The van der Waals surface area contributed by atoms with Crippen LogP contribution in [0.5, 0.6) is 5.75 Å². The first-order valence-electron chi connectivity index (χ1n) is 8.82. The van der Waals surface area contributed by atoms with Crippen molar-refractivity contribution < 1.29 is 27.8 Å². The Morgan fingerprint density at radius 1 is 1.14 bits per heavy atom. The maximum atomic E-state index is 12.8. The second-order valence-corrected chi connectivity index (χ2v) is 5.80. The topological polar surface area (TPSA) is 94.8 Å². The molecule has 0 fully saturated rings.